The topological polar surface area (TPSA) is 130 Å². The number of para-hydroxylation sites is 1. The molecule has 11 nitrogen and oxygen atoms in total. The molecule has 0 spiro atoms. The smallest absolute Gasteiger partial charge is 0.411 e. The van der Waals surface area contributed by atoms with E-state index in [1.54, 1.807) is 4.90 Å². The normalized spacial score (nSPS) is 19.2. The van der Waals surface area contributed by atoms with Gasteiger partial charge >= 0.3 is 6.09 Å². The predicted octanol–water partition coefficient (Wildman–Crippen LogP) is 7.34. The molecule has 3 N–H and O–H groups in total. The van der Waals surface area contributed by atoms with Gasteiger partial charge in [-0.15, -0.1) is 0 Å². The molecule has 3 aliphatic rings. The average Bonchev–Trinajstić information content (AvgIpc) is 3.93. The highest BCUT2D eigenvalue weighted by molar-refractivity contribution is 5.92. The molecule has 3 amide bonds. The molecule has 3 fully saturated rings. The third-order valence-corrected chi connectivity index (χ3v) is 9.61. The number of nitrogens with zero attached hydrogens (tertiary/aromatic N) is 2. The maximum absolute atomic E-state index is 12.8. The summed E-state index contributed by atoms with van der Waals surface area (Å²) in [6.45, 7) is 8.66. The standard InChI is InChI=1S/C38H46N4O6.C3H8.CH4O/c1-41(19-8-7-13-35(43)39-31-16-14-28(15-17-31)37-46-21-22-47-37)36(44)18-20-42-25-29-23-32(24-30(29)26-42)48-38(45)40-34-12-6-5-11-33(34)27-9-3-2-4-10-27;1-3-2;1-2/h2-6,9-12,14-17,29-30,32,37H,7-8,13,18-26H2,1H3,(H,39,43)(H,40,45);3H2,1-2H3;2H,1H3. The van der Waals surface area contributed by atoms with Crippen molar-refractivity contribution in [2.75, 3.05) is 64.2 Å². The summed E-state index contributed by atoms with van der Waals surface area (Å²) in [4.78, 5) is 42.2. The minimum atomic E-state index is -0.412. The van der Waals surface area contributed by atoms with Gasteiger partial charge in [0.05, 0.1) is 18.9 Å². The van der Waals surface area contributed by atoms with Crippen LogP contribution in [0.1, 0.15) is 70.6 Å². The number of unbranched alkanes of at least 4 members (excludes halogenated alkanes) is 1. The second-order valence-electron chi connectivity index (χ2n) is 13.8. The van der Waals surface area contributed by atoms with Gasteiger partial charge in [0.25, 0.3) is 0 Å². The van der Waals surface area contributed by atoms with Gasteiger partial charge in [0.15, 0.2) is 6.29 Å². The Morgan fingerprint density at radius 1 is 0.830 bits per heavy atom. The Morgan fingerprint density at radius 2 is 1.45 bits per heavy atom. The Bertz CT molecular complexity index is 1530. The molecule has 11 heteroatoms. The van der Waals surface area contributed by atoms with Crippen LogP contribution in [0.3, 0.4) is 0 Å². The fourth-order valence-corrected chi connectivity index (χ4v) is 7.07. The number of aliphatic hydroxyl groups is 1. The van der Waals surface area contributed by atoms with E-state index in [9.17, 15) is 14.4 Å². The third kappa shape index (κ3) is 13.0. The van der Waals surface area contributed by atoms with Crippen LogP contribution in [-0.4, -0.2) is 92.5 Å². The molecule has 1 saturated carbocycles. The number of ether oxygens (including phenoxy) is 3. The lowest BCUT2D eigenvalue weighted by molar-refractivity contribution is -0.130. The minimum absolute atomic E-state index is 0.0358. The van der Waals surface area contributed by atoms with Crippen molar-refractivity contribution >= 4 is 29.3 Å². The van der Waals surface area contributed by atoms with Crippen LogP contribution < -0.4 is 10.6 Å². The molecule has 3 aromatic rings. The van der Waals surface area contributed by atoms with Crippen molar-refractivity contribution in [1.29, 1.82) is 0 Å². The van der Waals surface area contributed by atoms with Crippen LogP contribution in [0.2, 0.25) is 0 Å². The van der Waals surface area contributed by atoms with Gasteiger partial charge in [0.2, 0.25) is 11.8 Å². The molecule has 2 saturated heterocycles. The van der Waals surface area contributed by atoms with E-state index >= 15 is 0 Å². The number of benzene rings is 3. The number of amides is 3. The van der Waals surface area contributed by atoms with E-state index in [1.165, 1.54) is 6.42 Å². The van der Waals surface area contributed by atoms with Crippen molar-refractivity contribution in [2.45, 2.75) is 71.2 Å². The van der Waals surface area contributed by atoms with Crippen LogP contribution in [-0.2, 0) is 23.8 Å². The average molecular weight is 731 g/mol. The molecule has 53 heavy (non-hydrogen) atoms. The van der Waals surface area contributed by atoms with Gasteiger partial charge in [-0.05, 0) is 61.3 Å². The van der Waals surface area contributed by atoms with E-state index in [4.69, 9.17) is 19.3 Å². The first-order valence-electron chi connectivity index (χ1n) is 19.0. The molecule has 6 rings (SSSR count). The van der Waals surface area contributed by atoms with Crippen LogP contribution >= 0.6 is 0 Å². The van der Waals surface area contributed by atoms with Crippen molar-refractivity contribution in [1.82, 2.24) is 9.80 Å². The SMILES string of the molecule is CCC.CN(CCCCC(=O)Nc1ccc(C2OCCO2)cc1)C(=O)CCN1CC2CC(OC(=O)Nc3ccccc3-c3ccccc3)CC2C1.CO. The molecular weight excluding hydrogens is 672 g/mol. The van der Waals surface area contributed by atoms with E-state index in [1.807, 2.05) is 85.9 Å². The van der Waals surface area contributed by atoms with Crippen molar-refractivity contribution in [2.24, 2.45) is 11.8 Å². The van der Waals surface area contributed by atoms with E-state index in [0.717, 1.165) is 74.1 Å². The van der Waals surface area contributed by atoms with Crippen LogP contribution in [0.15, 0.2) is 78.9 Å². The molecule has 2 atom stereocenters. The van der Waals surface area contributed by atoms with Gasteiger partial charge in [-0.3, -0.25) is 14.9 Å². The number of carbonyl (C=O) groups excluding carboxylic acids is 3. The zero-order valence-electron chi connectivity index (χ0n) is 31.8. The summed E-state index contributed by atoms with van der Waals surface area (Å²) in [5, 5.41) is 12.9. The second kappa shape index (κ2) is 22.0. The number of rotatable bonds is 13. The monoisotopic (exact) mass is 730 g/mol. The van der Waals surface area contributed by atoms with Gasteiger partial charge in [-0.2, -0.15) is 0 Å². The minimum Gasteiger partial charge on any atom is -0.446 e. The number of hydrogen-bond donors (Lipinski definition) is 3. The second-order valence-corrected chi connectivity index (χ2v) is 13.8. The van der Waals surface area contributed by atoms with Crippen molar-refractivity contribution in [3.8, 4) is 11.1 Å². The Hall–Kier alpha value is -4.29. The molecule has 2 aliphatic heterocycles. The van der Waals surface area contributed by atoms with Gasteiger partial charge in [0.1, 0.15) is 6.10 Å². The number of aliphatic hydroxyl groups excluding tert-OH is 1. The zero-order chi connectivity index (χ0) is 38.0. The Kier molecular flexibility index (Phi) is 17.3. The summed E-state index contributed by atoms with van der Waals surface area (Å²) in [5.74, 6) is 1.05. The lowest BCUT2D eigenvalue weighted by Gasteiger charge is -2.21. The Balaban J connectivity index is 0.00000119. The lowest BCUT2D eigenvalue weighted by Crippen LogP contribution is -2.33. The fourth-order valence-electron chi connectivity index (χ4n) is 7.07. The molecule has 2 unspecified atom stereocenters. The fraction of sp³-hybridized carbons (Fsp3) is 0.500. The zero-order valence-corrected chi connectivity index (χ0v) is 31.8. The van der Waals surface area contributed by atoms with Crippen molar-refractivity contribution in [3.05, 3.63) is 84.4 Å². The summed E-state index contributed by atoms with van der Waals surface area (Å²) in [6, 6.07) is 25.3. The maximum atomic E-state index is 12.8. The highest BCUT2D eigenvalue weighted by atomic mass is 16.7. The van der Waals surface area contributed by atoms with Gasteiger partial charge in [0, 0.05) is 70.0 Å². The van der Waals surface area contributed by atoms with E-state index in [0.29, 0.717) is 50.9 Å². The first kappa shape index (κ1) is 41.5. The molecule has 2 heterocycles. The highest BCUT2D eigenvalue weighted by Crippen LogP contribution is 2.40. The molecule has 0 bridgehead atoms. The van der Waals surface area contributed by atoms with Crippen molar-refractivity contribution < 1.29 is 33.7 Å². The molecule has 0 radical (unpaired) electrons. The Morgan fingerprint density at radius 3 is 2.11 bits per heavy atom. The summed E-state index contributed by atoms with van der Waals surface area (Å²) in [6.07, 6.45) is 4.49. The van der Waals surface area contributed by atoms with E-state index < -0.39 is 6.09 Å². The number of anilines is 2. The molecule has 288 valence electrons. The quantitative estimate of drug-likeness (QED) is 0.156. The first-order chi connectivity index (χ1) is 25.8. The highest BCUT2D eigenvalue weighted by Gasteiger charge is 2.42. The summed E-state index contributed by atoms with van der Waals surface area (Å²) < 4.78 is 16.9. The lowest BCUT2D eigenvalue weighted by atomic mass is 10.0. The number of nitrogens with one attached hydrogen (secondary N) is 2. The van der Waals surface area contributed by atoms with Crippen LogP contribution in [0.4, 0.5) is 16.2 Å². The summed E-state index contributed by atoms with van der Waals surface area (Å²) >= 11 is 0. The first-order valence-corrected chi connectivity index (χ1v) is 19.0. The van der Waals surface area contributed by atoms with E-state index in [2.05, 4.69) is 29.4 Å². The van der Waals surface area contributed by atoms with Crippen LogP contribution in [0.25, 0.3) is 11.1 Å². The third-order valence-electron chi connectivity index (χ3n) is 9.61. The number of carbonyl (C=O) groups is 3. The van der Waals surface area contributed by atoms with Gasteiger partial charge in [-0.1, -0.05) is 80.9 Å². The molecular formula is C42H58N4O7. The molecule has 0 aromatic heterocycles. The van der Waals surface area contributed by atoms with E-state index in [-0.39, 0.29) is 24.2 Å². The van der Waals surface area contributed by atoms with Crippen LogP contribution in [0.5, 0.6) is 0 Å². The van der Waals surface area contributed by atoms with Gasteiger partial charge < -0.3 is 34.4 Å². The number of likely N-dealkylation sites (tertiary alicyclic amines) is 1. The van der Waals surface area contributed by atoms with Crippen molar-refractivity contribution in [3.63, 3.8) is 0 Å². The summed E-state index contributed by atoms with van der Waals surface area (Å²) in [7, 11) is 2.84. The molecule has 1 aliphatic carbocycles. The Labute approximate surface area is 315 Å². The van der Waals surface area contributed by atoms with Crippen LogP contribution in [0, 0.1) is 11.8 Å². The largest absolute Gasteiger partial charge is 0.446 e. The van der Waals surface area contributed by atoms with Gasteiger partial charge in [-0.25, -0.2) is 4.79 Å². The summed E-state index contributed by atoms with van der Waals surface area (Å²) in [5.41, 5.74) is 4.42. The number of hydrogen-bond acceptors (Lipinski definition) is 8. The molecule has 3 aromatic carbocycles. The predicted molar refractivity (Wildman–Crippen MR) is 208 cm³/mol. The number of fused-ring (bicyclic) bond motifs is 1. The maximum Gasteiger partial charge on any atom is 0.411 e.